The van der Waals surface area contributed by atoms with Crippen molar-refractivity contribution in [3.63, 3.8) is 0 Å². The molecule has 0 spiro atoms. The highest BCUT2D eigenvalue weighted by Gasteiger charge is 2.15. The van der Waals surface area contributed by atoms with Crippen LogP contribution in [0.2, 0.25) is 0 Å². The van der Waals surface area contributed by atoms with Crippen LogP contribution in [0.3, 0.4) is 0 Å². The third-order valence-corrected chi connectivity index (χ3v) is 3.57. The Labute approximate surface area is 132 Å². The molecule has 0 aliphatic carbocycles. The zero-order valence-electron chi connectivity index (χ0n) is 12.8. The van der Waals surface area contributed by atoms with Crippen molar-refractivity contribution in [2.45, 2.75) is 20.3 Å². The number of aromatic nitrogens is 2. The Balaban J connectivity index is 2.03. The normalized spacial score (nSPS) is 10.3. The molecule has 0 aliphatic heterocycles. The molecule has 0 saturated heterocycles. The molecule has 1 aromatic carbocycles. The van der Waals surface area contributed by atoms with Gasteiger partial charge in [0.25, 0.3) is 11.5 Å². The van der Waals surface area contributed by atoms with Crippen LogP contribution in [0.4, 0.5) is 0 Å². The SMILES string of the molecule is Cc1n[nH]c(=O)c(C(=O)NCCc2cccc(C(=O)O)c2)c1C. The fourth-order valence-electron chi connectivity index (χ4n) is 2.17. The topological polar surface area (TPSA) is 112 Å². The summed E-state index contributed by atoms with van der Waals surface area (Å²) in [5.41, 5.74) is 1.64. The minimum absolute atomic E-state index is 0.0526. The number of amides is 1. The number of hydrogen-bond acceptors (Lipinski definition) is 4. The van der Waals surface area contributed by atoms with Crippen LogP contribution in [-0.4, -0.2) is 33.7 Å². The van der Waals surface area contributed by atoms with E-state index in [0.29, 0.717) is 24.2 Å². The van der Waals surface area contributed by atoms with Crippen molar-refractivity contribution in [1.82, 2.24) is 15.5 Å². The molecule has 2 rings (SSSR count). The van der Waals surface area contributed by atoms with Gasteiger partial charge in [0.1, 0.15) is 5.56 Å². The molecule has 0 aliphatic rings. The monoisotopic (exact) mass is 315 g/mol. The van der Waals surface area contributed by atoms with Crippen molar-refractivity contribution >= 4 is 11.9 Å². The van der Waals surface area contributed by atoms with Gasteiger partial charge in [0.15, 0.2) is 0 Å². The van der Waals surface area contributed by atoms with Crippen molar-refractivity contribution in [3.05, 3.63) is 62.6 Å². The molecular formula is C16H17N3O4. The minimum atomic E-state index is -0.995. The second-order valence-corrected chi connectivity index (χ2v) is 5.15. The largest absolute Gasteiger partial charge is 0.478 e. The van der Waals surface area contributed by atoms with Gasteiger partial charge in [0.05, 0.1) is 11.3 Å². The second-order valence-electron chi connectivity index (χ2n) is 5.15. The van der Waals surface area contributed by atoms with Gasteiger partial charge < -0.3 is 10.4 Å². The van der Waals surface area contributed by atoms with E-state index in [1.165, 1.54) is 6.07 Å². The van der Waals surface area contributed by atoms with E-state index in [0.717, 1.165) is 5.56 Å². The number of nitrogens with one attached hydrogen (secondary N) is 2. The lowest BCUT2D eigenvalue weighted by molar-refractivity contribution is 0.0696. The lowest BCUT2D eigenvalue weighted by atomic mass is 10.1. The average molecular weight is 315 g/mol. The predicted octanol–water partition coefficient (Wildman–Crippen LogP) is 1.06. The number of nitrogens with zero attached hydrogens (tertiary/aromatic N) is 1. The van der Waals surface area contributed by atoms with Crippen molar-refractivity contribution in [2.24, 2.45) is 0 Å². The van der Waals surface area contributed by atoms with Crippen LogP contribution in [-0.2, 0) is 6.42 Å². The Kier molecular flexibility index (Phi) is 4.90. The average Bonchev–Trinajstić information content (AvgIpc) is 2.51. The van der Waals surface area contributed by atoms with Crippen LogP contribution in [0.5, 0.6) is 0 Å². The number of benzene rings is 1. The molecule has 0 atom stereocenters. The summed E-state index contributed by atoms with van der Waals surface area (Å²) in [7, 11) is 0. The van der Waals surface area contributed by atoms with E-state index in [1.54, 1.807) is 32.0 Å². The molecule has 1 heterocycles. The Morgan fingerprint density at radius 2 is 2.04 bits per heavy atom. The number of aromatic carboxylic acids is 1. The summed E-state index contributed by atoms with van der Waals surface area (Å²) < 4.78 is 0. The fourth-order valence-corrected chi connectivity index (χ4v) is 2.17. The maximum atomic E-state index is 12.2. The number of hydrogen-bond donors (Lipinski definition) is 3. The first kappa shape index (κ1) is 16.4. The molecule has 7 nitrogen and oxygen atoms in total. The predicted molar refractivity (Wildman–Crippen MR) is 83.8 cm³/mol. The number of carboxylic acid groups (broad SMARTS) is 1. The standard InChI is InChI=1S/C16H17N3O4/c1-9-10(2)18-19-15(21)13(9)14(20)17-7-6-11-4-3-5-12(8-11)16(22)23/h3-5,8H,6-7H2,1-2H3,(H,17,20)(H,19,21)(H,22,23). The molecule has 2 aromatic rings. The minimum Gasteiger partial charge on any atom is -0.478 e. The molecule has 0 bridgehead atoms. The van der Waals surface area contributed by atoms with Crippen LogP contribution >= 0.6 is 0 Å². The highest BCUT2D eigenvalue weighted by atomic mass is 16.4. The molecule has 0 fully saturated rings. The van der Waals surface area contributed by atoms with Crippen LogP contribution in [0.15, 0.2) is 29.1 Å². The molecule has 3 N–H and O–H groups in total. The highest BCUT2D eigenvalue weighted by molar-refractivity contribution is 5.95. The summed E-state index contributed by atoms with van der Waals surface area (Å²) >= 11 is 0. The van der Waals surface area contributed by atoms with Gasteiger partial charge in [0, 0.05) is 6.54 Å². The molecular weight excluding hydrogens is 298 g/mol. The van der Waals surface area contributed by atoms with Crippen molar-refractivity contribution in [3.8, 4) is 0 Å². The summed E-state index contributed by atoms with van der Waals surface area (Å²) in [6.45, 7) is 3.67. The molecule has 23 heavy (non-hydrogen) atoms. The van der Waals surface area contributed by atoms with Gasteiger partial charge in [-0.3, -0.25) is 9.59 Å². The van der Waals surface area contributed by atoms with Crippen LogP contribution < -0.4 is 10.9 Å². The number of carbonyl (C=O) groups excluding carboxylic acids is 1. The quantitative estimate of drug-likeness (QED) is 0.763. The van der Waals surface area contributed by atoms with E-state index < -0.39 is 17.4 Å². The first-order valence-electron chi connectivity index (χ1n) is 7.06. The lowest BCUT2D eigenvalue weighted by Gasteiger charge is -2.08. The molecule has 1 amide bonds. The van der Waals surface area contributed by atoms with E-state index in [1.807, 2.05) is 0 Å². The molecule has 0 saturated carbocycles. The summed E-state index contributed by atoms with van der Waals surface area (Å²) in [6.07, 6.45) is 0.466. The van der Waals surface area contributed by atoms with Crippen molar-refractivity contribution in [1.29, 1.82) is 0 Å². The summed E-state index contributed by atoms with van der Waals surface area (Å²) in [6, 6.07) is 6.51. The van der Waals surface area contributed by atoms with E-state index in [-0.39, 0.29) is 11.1 Å². The van der Waals surface area contributed by atoms with Crippen molar-refractivity contribution in [2.75, 3.05) is 6.54 Å². The maximum absolute atomic E-state index is 12.2. The maximum Gasteiger partial charge on any atom is 0.335 e. The Bertz CT molecular complexity index is 811. The zero-order valence-corrected chi connectivity index (χ0v) is 12.8. The van der Waals surface area contributed by atoms with Crippen LogP contribution in [0.25, 0.3) is 0 Å². The Hall–Kier alpha value is -2.96. The molecule has 0 radical (unpaired) electrons. The van der Waals surface area contributed by atoms with E-state index in [9.17, 15) is 14.4 Å². The van der Waals surface area contributed by atoms with Gasteiger partial charge in [0.2, 0.25) is 0 Å². The molecule has 0 unspecified atom stereocenters. The van der Waals surface area contributed by atoms with Gasteiger partial charge >= 0.3 is 5.97 Å². The third kappa shape index (κ3) is 3.82. The van der Waals surface area contributed by atoms with Gasteiger partial charge in [-0.2, -0.15) is 5.10 Å². The molecule has 7 heteroatoms. The van der Waals surface area contributed by atoms with E-state index in [4.69, 9.17) is 5.11 Å². The number of aryl methyl sites for hydroxylation is 1. The number of aromatic amines is 1. The van der Waals surface area contributed by atoms with Crippen LogP contribution in [0.1, 0.15) is 37.5 Å². The molecule has 120 valence electrons. The summed E-state index contributed by atoms with van der Waals surface area (Å²) in [5.74, 6) is -1.46. The zero-order chi connectivity index (χ0) is 17.0. The lowest BCUT2D eigenvalue weighted by Crippen LogP contribution is -2.33. The van der Waals surface area contributed by atoms with E-state index >= 15 is 0 Å². The van der Waals surface area contributed by atoms with Crippen LogP contribution in [0, 0.1) is 13.8 Å². The first-order valence-corrected chi connectivity index (χ1v) is 7.06. The van der Waals surface area contributed by atoms with Crippen molar-refractivity contribution < 1.29 is 14.7 Å². The third-order valence-electron chi connectivity index (χ3n) is 3.57. The van der Waals surface area contributed by atoms with Gasteiger partial charge in [-0.25, -0.2) is 9.89 Å². The summed E-state index contributed by atoms with van der Waals surface area (Å²) in [4.78, 5) is 34.8. The number of carbonyl (C=O) groups is 2. The Morgan fingerprint density at radius 3 is 2.74 bits per heavy atom. The second kappa shape index (κ2) is 6.87. The first-order chi connectivity index (χ1) is 10.9. The number of rotatable bonds is 5. The number of H-pyrrole nitrogens is 1. The van der Waals surface area contributed by atoms with E-state index in [2.05, 4.69) is 15.5 Å². The van der Waals surface area contributed by atoms with Gasteiger partial charge in [-0.05, 0) is 43.5 Å². The summed E-state index contributed by atoms with van der Waals surface area (Å²) in [5, 5.41) is 17.7. The van der Waals surface area contributed by atoms with Gasteiger partial charge in [-0.1, -0.05) is 12.1 Å². The fraction of sp³-hybridized carbons (Fsp3) is 0.250. The smallest absolute Gasteiger partial charge is 0.335 e. The number of carboxylic acids is 1. The van der Waals surface area contributed by atoms with Gasteiger partial charge in [-0.15, -0.1) is 0 Å². The Morgan fingerprint density at radius 1 is 1.30 bits per heavy atom. The molecule has 1 aromatic heterocycles. The highest BCUT2D eigenvalue weighted by Crippen LogP contribution is 2.07.